The van der Waals surface area contributed by atoms with Crippen LogP contribution in [0.15, 0.2) is 12.3 Å². The average Bonchev–Trinajstić information content (AvgIpc) is 2.38. The van der Waals surface area contributed by atoms with Crippen molar-refractivity contribution in [3.8, 4) is 5.88 Å². The summed E-state index contributed by atoms with van der Waals surface area (Å²) in [6.45, 7) is 2.79. The summed E-state index contributed by atoms with van der Waals surface area (Å²) in [5.74, 6) is 3.76. The summed E-state index contributed by atoms with van der Waals surface area (Å²) < 4.78 is 5.49. The number of aromatic nitrogens is 2. The predicted molar refractivity (Wildman–Crippen MR) is 71.8 cm³/mol. The first kappa shape index (κ1) is 12.5. The standard InChI is InChI=1S/C12H19N3OS/c1-2-7-16-11-5-6-13-12(15-11)14-10-4-3-8-17-9-10/h5-6,10H,2-4,7-9H2,1H3,(H,13,14,15). The molecule has 94 valence electrons. The highest BCUT2D eigenvalue weighted by molar-refractivity contribution is 7.99. The molecule has 1 unspecified atom stereocenters. The summed E-state index contributed by atoms with van der Waals surface area (Å²) in [6.07, 6.45) is 5.22. The van der Waals surface area contributed by atoms with Crippen molar-refractivity contribution in [2.24, 2.45) is 0 Å². The van der Waals surface area contributed by atoms with E-state index < -0.39 is 0 Å². The third kappa shape index (κ3) is 4.07. The van der Waals surface area contributed by atoms with Gasteiger partial charge in [0.05, 0.1) is 6.61 Å². The van der Waals surface area contributed by atoms with Crippen LogP contribution >= 0.6 is 11.8 Å². The minimum Gasteiger partial charge on any atom is -0.478 e. The number of nitrogens with zero attached hydrogens (tertiary/aromatic N) is 2. The van der Waals surface area contributed by atoms with Crippen LogP contribution in [0, 0.1) is 0 Å². The molecule has 1 aliphatic rings. The number of hydrogen-bond acceptors (Lipinski definition) is 5. The molecule has 2 heterocycles. The summed E-state index contributed by atoms with van der Waals surface area (Å²) in [4.78, 5) is 8.58. The number of nitrogens with one attached hydrogen (secondary N) is 1. The fourth-order valence-electron chi connectivity index (χ4n) is 1.74. The van der Waals surface area contributed by atoms with Gasteiger partial charge in [-0.1, -0.05) is 6.92 Å². The molecule has 2 rings (SSSR count). The van der Waals surface area contributed by atoms with E-state index in [-0.39, 0.29) is 0 Å². The molecule has 1 fully saturated rings. The van der Waals surface area contributed by atoms with E-state index in [1.807, 2.05) is 11.8 Å². The Kier molecular flexibility index (Phi) is 4.91. The number of ether oxygens (including phenoxy) is 1. The molecule has 0 bridgehead atoms. The monoisotopic (exact) mass is 253 g/mol. The topological polar surface area (TPSA) is 47.0 Å². The highest BCUT2D eigenvalue weighted by Crippen LogP contribution is 2.20. The summed E-state index contributed by atoms with van der Waals surface area (Å²) >= 11 is 1.99. The van der Waals surface area contributed by atoms with Gasteiger partial charge < -0.3 is 10.1 Å². The second kappa shape index (κ2) is 6.69. The number of rotatable bonds is 5. The van der Waals surface area contributed by atoms with Gasteiger partial charge in [-0.15, -0.1) is 0 Å². The second-order valence-corrected chi connectivity index (χ2v) is 5.28. The normalized spacial score (nSPS) is 19.9. The van der Waals surface area contributed by atoms with Crippen LogP contribution in [0.4, 0.5) is 5.95 Å². The first-order chi connectivity index (χ1) is 8.38. The van der Waals surface area contributed by atoms with Gasteiger partial charge in [-0.25, -0.2) is 4.98 Å². The Morgan fingerprint density at radius 2 is 2.53 bits per heavy atom. The molecule has 0 amide bonds. The Morgan fingerprint density at radius 1 is 1.59 bits per heavy atom. The van der Waals surface area contributed by atoms with Gasteiger partial charge in [-0.2, -0.15) is 16.7 Å². The molecule has 1 aromatic heterocycles. The van der Waals surface area contributed by atoms with Crippen molar-refractivity contribution >= 4 is 17.7 Å². The first-order valence-corrected chi connectivity index (χ1v) is 7.34. The molecule has 1 N–H and O–H groups in total. The summed E-state index contributed by atoms with van der Waals surface area (Å²) in [6, 6.07) is 2.30. The molecular formula is C12H19N3OS. The zero-order valence-electron chi connectivity index (χ0n) is 10.2. The fraction of sp³-hybridized carbons (Fsp3) is 0.667. The van der Waals surface area contributed by atoms with Gasteiger partial charge in [0, 0.05) is 24.1 Å². The van der Waals surface area contributed by atoms with Crippen LogP contribution in [-0.2, 0) is 0 Å². The number of anilines is 1. The smallest absolute Gasteiger partial charge is 0.226 e. The fourth-order valence-corrected chi connectivity index (χ4v) is 2.81. The van der Waals surface area contributed by atoms with Crippen molar-refractivity contribution in [2.75, 3.05) is 23.4 Å². The highest BCUT2D eigenvalue weighted by atomic mass is 32.2. The highest BCUT2D eigenvalue weighted by Gasteiger charge is 2.14. The van der Waals surface area contributed by atoms with Gasteiger partial charge in [0.25, 0.3) is 0 Å². The maximum absolute atomic E-state index is 5.49. The molecule has 4 nitrogen and oxygen atoms in total. The Hall–Kier alpha value is -0.970. The zero-order chi connectivity index (χ0) is 11.9. The number of hydrogen-bond donors (Lipinski definition) is 1. The number of thioether (sulfide) groups is 1. The average molecular weight is 253 g/mol. The van der Waals surface area contributed by atoms with E-state index in [9.17, 15) is 0 Å². The van der Waals surface area contributed by atoms with E-state index in [1.165, 1.54) is 18.6 Å². The van der Waals surface area contributed by atoms with Gasteiger partial charge in [0.15, 0.2) is 0 Å². The molecule has 0 aliphatic carbocycles. The second-order valence-electron chi connectivity index (χ2n) is 4.13. The minimum absolute atomic E-state index is 0.496. The van der Waals surface area contributed by atoms with E-state index in [4.69, 9.17) is 4.74 Å². The lowest BCUT2D eigenvalue weighted by Gasteiger charge is -2.22. The van der Waals surface area contributed by atoms with Gasteiger partial charge in [0.2, 0.25) is 11.8 Å². The van der Waals surface area contributed by atoms with Gasteiger partial charge in [-0.3, -0.25) is 0 Å². The maximum atomic E-state index is 5.49. The Balaban J connectivity index is 1.90. The molecule has 0 aromatic carbocycles. The SMILES string of the molecule is CCCOc1ccnc(NC2CCCSC2)n1. The summed E-state index contributed by atoms with van der Waals surface area (Å²) in [5, 5.41) is 3.37. The lowest BCUT2D eigenvalue weighted by Crippen LogP contribution is -2.26. The molecule has 0 saturated carbocycles. The zero-order valence-corrected chi connectivity index (χ0v) is 11.0. The third-order valence-corrected chi connectivity index (χ3v) is 3.79. The molecule has 1 aliphatic heterocycles. The van der Waals surface area contributed by atoms with Crippen LogP contribution in [0.3, 0.4) is 0 Å². The van der Waals surface area contributed by atoms with Crippen LogP contribution in [0.1, 0.15) is 26.2 Å². The lowest BCUT2D eigenvalue weighted by atomic mass is 10.2. The molecule has 0 spiro atoms. The van der Waals surface area contributed by atoms with Crippen molar-refractivity contribution in [1.29, 1.82) is 0 Å². The minimum atomic E-state index is 0.496. The van der Waals surface area contributed by atoms with Crippen molar-refractivity contribution < 1.29 is 4.74 Å². The molecule has 1 atom stereocenters. The van der Waals surface area contributed by atoms with Crippen molar-refractivity contribution in [3.63, 3.8) is 0 Å². The van der Waals surface area contributed by atoms with Gasteiger partial charge in [0.1, 0.15) is 0 Å². The van der Waals surface area contributed by atoms with E-state index >= 15 is 0 Å². The van der Waals surface area contributed by atoms with E-state index in [2.05, 4.69) is 22.2 Å². The molecule has 17 heavy (non-hydrogen) atoms. The van der Waals surface area contributed by atoms with Crippen LogP contribution < -0.4 is 10.1 Å². The molecule has 1 saturated heterocycles. The summed E-state index contributed by atoms with van der Waals surface area (Å²) in [7, 11) is 0. The lowest BCUT2D eigenvalue weighted by molar-refractivity contribution is 0.305. The molecule has 5 heteroatoms. The van der Waals surface area contributed by atoms with Gasteiger partial charge >= 0.3 is 0 Å². The largest absolute Gasteiger partial charge is 0.478 e. The maximum Gasteiger partial charge on any atom is 0.226 e. The van der Waals surface area contributed by atoms with Crippen molar-refractivity contribution in [1.82, 2.24) is 9.97 Å². The third-order valence-electron chi connectivity index (χ3n) is 2.58. The Bertz CT molecular complexity index is 342. The summed E-state index contributed by atoms with van der Waals surface area (Å²) in [5.41, 5.74) is 0. The van der Waals surface area contributed by atoms with E-state index in [0.717, 1.165) is 12.2 Å². The Morgan fingerprint density at radius 3 is 3.29 bits per heavy atom. The van der Waals surface area contributed by atoms with E-state index in [1.54, 1.807) is 12.3 Å². The van der Waals surface area contributed by atoms with Gasteiger partial charge in [-0.05, 0) is 25.0 Å². The predicted octanol–water partition coefficient (Wildman–Crippen LogP) is 2.57. The Labute approximate surface area is 107 Å². The van der Waals surface area contributed by atoms with Crippen molar-refractivity contribution in [2.45, 2.75) is 32.2 Å². The van der Waals surface area contributed by atoms with E-state index in [0.29, 0.717) is 24.5 Å². The quantitative estimate of drug-likeness (QED) is 0.874. The van der Waals surface area contributed by atoms with Crippen molar-refractivity contribution in [3.05, 3.63) is 12.3 Å². The van der Waals surface area contributed by atoms with Crippen LogP contribution in [0.5, 0.6) is 5.88 Å². The van der Waals surface area contributed by atoms with Crippen LogP contribution in [-0.4, -0.2) is 34.1 Å². The molecule has 1 aromatic rings. The van der Waals surface area contributed by atoms with Crippen LogP contribution in [0.25, 0.3) is 0 Å². The first-order valence-electron chi connectivity index (χ1n) is 6.18. The van der Waals surface area contributed by atoms with Crippen LogP contribution in [0.2, 0.25) is 0 Å². The molecule has 0 radical (unpaired) electrons. The molecular weight excluding hydrogens is 234 g/mol.